The SMILES string of the molecule is CNc1ccc(C=C(C(=O)NCc2ccccc2)C(=O)NCc2ccccc2)cc1[N+](=O)[O-]. The summed E-state index contributed by atoms with van der Waals surface area (Å²) in [4.78, 5) is 36.7. The molecule has 0 bridgehead atoms. The van der Waals surface area contributed by atoms with Crippen LogP contribution in [0.15, 0.2) is 84.4 Å². The van der Waals surface area contributed by atoms with Crippen LogP contribution in [0.2, 0.25) is 0 Å². The summed E-state index contributed by atoms with van der Waals surface area (Å²) in [6.45, 7) is 0.476. The molecule has 0 aliphatic heterocycles. The van der Waals surface area contributed by atoms with Crippen molar-refractivity contribution in [2.45, 2.75) is 13.1 Å². The Morgan fingerprint density at radius 2 is 1.36 bits per heavy atom. The first kappa shape index (κ1) is 23.2. The number of nitro groups is 1. The predicted octanol–water partition coefficient (Wildman–Crippen LogP) is 3.65. The van der Waals surface area contributed by atoms with Crippen molar-refractivity contribution in [3.63, 3.8) is 0 Å². The lowest BCUT2D eigenvalue weighted by molar-refractivity contribution is -0.384. The number of hydrogen-bond acceptors (Lipinski definition) is 5. The Labute approximate surface area is 191 Å². The van der Waals surface area contributed by atoms with Crippen molar-refractivity contribution in [3.8, 4) is 0 Å². The Kier molecular flexibility index (Phi) is 7.91. The molecule has 3 aromatic rings. The zero-order chi connectivity index (χ0) is 23.6. The smallest absolute Gasteiger partial charge is 0.292 e. The van der Waals surface area contributed by atoms with Gasteiger partial charge in [0.05, 0.1) is 4.92 Å². The summed E-state index contributed by atoms with van der Waals surface area (Å²) in [5.74, 6) is -1.16. The molecule has 0 atom stereocenters. The minimum Gasteiger partial charge on any atom is -0.383 e. The molecule has 0 aliphatic rings. The van der Waals surface area contributed by atoms with E-state index in [9.17, 15) is 19.7 Å². The number of nitrogens with zero attached hydrogens (tertiary/aromatic N) is 1. The summed E-state index contributed by atoms with van der Waals surface area (Å²) in [6.07, 6.45) is 1.35. The first-order chi connectivity index (χ1) is 16.0. The molecule has 8 heteroatoms. The van der Waals surface area contributed by atoms with Gasteiger partial charge in [-0.1, -0.05) is 66.7 Å². The van der Waals surface area contributed by atoms with Crippen LogP contribution in [0.1, 0.15) is 16.7 Å². The van der Waals surface area contributed by atoms with Crippen LogP contribution >= 0.6 is 0 Å². The molecule has 168 valence electrons. The Bertz CT molecular complexity index is 1100. The lowest BCUT2D eigenvalue weighted by Crippen LogP contribution is -2.34. The van der Waals surface area contributed by atoms with Crippen molar-refractivity contribution in [1.29, 1.82) is 0 Å². The van der Waals surface area contributed by atoms with Gasteiger partial charge in [-0.05, 0) is 28.8 Å². The van der Waals surface area contributed by atoms with E-state index in [1.807, 2.05) is 60.7 Å². The third-order valence-corrected chi connectivity index (χ3v) is 4.88. The van der Waals surface area contributed by atoms with Crippen molar-refractivity contribution in [2.24, 2.45) is 0 Å². The second kappa shape index (κ2) is 11.2. The van der Waals surface area contributed by atoms with Gasteiger partial charge < -0.3 is 16.0 Å². The predicted molar refractivity (Wildman–Crippen MR) is 127 cm³/mol. The van der Waals surface area contributed by atoms with Gasteiger partial charge >= 0.3 is 0 Å². The molecule has 0 unspecified atom stereocenters. The Morgan fingerprint density at radius 3 is 1.82 bits per heavy atom. The van der Waals surface area contributed by atoms with Crippen LogP contribution in [0.3, 0.4) is 0 Å². The van der Waals surface area contributed by atoms with Gasteiger partial charge in [0.25, 0.3) is 17.5 Å². The first-order valence-corrected chi connectivity index (χ1v) is 10.3. The van der Waals surface area contributed by atoms with Gasteiger partial charge in [0.2, 0.25) is 0 Å². The maximum atomic E-state index is 12.9. The van der Waals surface area contributed by atoms with Crippen LogP contribution in [0.5, 0.6) is 0 Å². The van der Waals surface area contributed by atoms with Gasteiger partial charge in [-0.3, -0.25) is 19.7 Å². The normalized spacial score (nSPS) is 10.1. The van der Waals surface area contributed by atoms with Crippen LogP contribution < -0.4 is 16.0 Å². The molecule has 3 aromatic carbocycles. The summed E-state index contributed by atoms with van der Waals surface area (Å²) in [5, 5.41) is 19.6. The minimum atomic E-state index is -0.579. The van der Waals surface area contributed by atoms with E-state index in [1.165, 1.54) is 18.2 Å². The molecular formula is C25H24N4O4. The molecule has 2 amide bonds. The second-order valence-corrected chi connectivity index (χ2v) is 7.18. The quantitative estimate of drug-likeness (QED) is 0.153. The minimum absolute atomic E-state index is 0.145. The topological polar surface area (TPSA) is 113 Å². The fraction of sp³-hybridized carbons (Fsp3) is 0.120. The summed E-state index contributed by atoms with van der Waals surface area (Å²) >= 11 is 0. The van der Waals surface area contributed by atoms with Gasteiger partial charge in [-0.15, -0.1) is 0 Å². The van der Waals surface area contributed by atoms with Crippen molar-refractivity contribution in [3.05, 3.63) is 111 Å². The summed E-state index contributed by atoms with van der Waals surface area (Å²) in [6, 6.07) is 23.1. The highest BCUT2D eigenvalue weighted by Gasteiger charge is 2.20. The third kappa shape index (κ3) is 6.51. The highest BCUT2D eigenvalue weighted by Crippen LogP contribution is 2.26. The maximum absolute atomic E-state index is 12.9. The van der Waals surface area contributed by atoms with E-state index < -0.39 is 16.7 Å². The lowest BCUT2D eigenvalue weighted by Gasteiger charge is -2.11. The van der Waals surface area contributed by atoms with Crippen molar-refractivity contribution < 1.29 is 14.5 Å². The zero-order valence-corrected chi connectivity index (χ0v) is 18.1. The molecular weight excluding hydrogens is 420 g/mol. The molecule has 0 aliphatic carbocycles. The molecule has 0 saturated carbocycles. The number of nitro benzene ring substituents is 1. The maximum Gasteiger partial charge on any atom is 0.292 e. The number of rotatable bonds is 9. The Morgan fingerprint density at radius 1 is 0.848 bits per heavy atom. The van der Waals surface area contributed by atoms with Gasteiger partial charge in [0, 0.05) is 26.2 Å². The summed E-state index contributed by atoms with van der Waals surface area (Å²) in [7, 11) is 1.58. The van der Waals surface area contributed by atoms with E-state index in [0.717, 1.165) is 11.1 Å². The van der Waals surface area contributed by atoms with E-state index in [-0.39, 0.29) is 24.4 Å². The van der Waals surface area contributed by atoms with Gasteiger partial charge in [0.15, 0.2) is 0 Å². The average Bonchev–Trinajstić information content (AvgIpc) is 2.85. The lowest BCUT2D eigenvalue weighted by atomic mass is 10.1. The zero-order valence-electron chi connectivity index (χ0n) is 18.1. The molecule has 8 nitrogen and oxygen atoms in total. The van der Waals surface area contributed by atoms with Crippen molar-refractivity contribution >= 4 is 29.3 Å². The van der Waals surface area contributed by atoms with Crippen LogP contribution in [0, 0.1) is 10.1 Å². The van der Waals surface area contributed by atoms with Gasteiger partial charge in [0.1, 0.15) is 11.3 Å². The Balaban J connectivity index is 1.86. The van der Waals surface area contributed by atoms with E-state index in [0.29, 0.717) is 11.3 Å². The number of carbonyl (C=O) groups is 2. The summed E-state index contributed by atoms with van der Waals surface area (Å²) < 4.78 is 0. The van der Waals surface area contributed by atoms with E-state index in [4.69, 9.17) is 0 Å². The number of nitrogens with one attached hydrogen (secondary N) is 3. The van der Waals surface area contributed by atoms with Crippen molar-refractivity contribution in [2.75, 3.05) is 12.4 Å². The fourth-order valence-electron chi connectivity index (χ4n) is 3.15. The number of carbonyl (C=O) groups excluding carboxylic acids is 2. The number of anilines is 1. The Hall–Kier alpha value is -4.46. The molecule has 0 heterocycles. The van der Waals surface area contributed by atoms with Crippen molar-refractivity contribution in [1.82, 2.24) is 10.6 Å². The highest BCUT2D eigenvalue weighted by atomic mass is 16.6. The van der Waals surface area contributed by atoms with Gasteiger partial charge in [-0.25, -0.2) is 0 Å². The molecule has 0 spiro atoms. The number of hydrogen-bond donors (Lipinski definition) is 3. The molecule has 3 rings (SSSR count). The average molecular weight is 444 g/mol. The molecule has 0 radical (unpaired) electrons. The second-order valence-electron chi connectivity index (χ2n) is 7.18. The van der Waals surface area contributed by atoms with Gasteiger partial charge in [-0.2, -0.15) is 0 Å². The molecule has 3 N–H and O–H groups in total. The fourth-order valence-corrected chi connectivity index (χ4v) is 3.15. The van der Waals surface area contributed by atoms with Crippen LogP contribution in [0.4, 0.5) is 11.4 Å². The summed E-state index contributed by atoms with van der Waals surface area (Å²) in [5.41, 5.74) is 2.15. The number of benzene rings is 3. The van der Waals surface area contributed by atoms with Crippen LogP contribution in [-0.2, 0) is 22.7 Å². The molecule has 33 heavy (non-hydrogen) atoms. The van der Waals surface area contributed by atoms with E-state index >= 15 is 0 Å². The standard InChI is InChI=1S/C25H24N4O4/c1-26-22-13-12-20(15-23(22)29(32)33)14-21(24(30)27-16-18-8-4-2-5-9-18)25(31)28-17-19-10-6-3-7-11-19/h2-15,26H,16-17H2,1H3,(H,27,30)(H,28,31). The third-order valence-electron chi connectivity index (χ3n) is 4.88. The molecule has 0 fully saturated rings. The highest BCUT2D eigenvalue weighted by molar-refractivity contribution is 6.21. The van der Waals surface area contributed by atoms with E-state index in [2.05, 4.69) is 16.0 Å². The van der Waals surface area contributed by atoms with Crippen LogP contribution in [0.25, 0.3) is 6.08 Å². The van der Waals surface area contributed by atoms with E-state index in [1.54, 1.807) is 13.1 Å². The molecule has 0 saturated heterocycles. The van der Waals surface area contributed by atoms with Crippen LogP contribution in [-0.4, -0.2) is 23.8 Å². The first-order valence-electron chi connectivity index (χ1n) is 10.3. The number of amides is 2. The monoisotopic (exact) mass is 444 g/mol. The molecule has 0 aromatic heterocycles. The largest absolute Gasteiger partial charge is 0.383 e.